The van der Waals surface area contributed by atoms with Crippen LogP contribution in [0, 0.1) is 34.0 Å². The van der Waals surface area contributed by atoms with Gasteiger partial charge in [-0.3, -0.25) is 0 Å². The van der Waals surface area contributed by atoms with Crippen molar-refractivity contribution < 1.29 is 0 Å². The van der Waals surface area contributed by atoms with Crippen LogP contribution in [0.5, 0.6) is 0 Å². The van der Waals surface area contributed by atoms with Crippen LogP contribution in [-0.4, -0.2) is 0 Å². The second kappa shape index (κ2) is 4.25. The number of rotatable bonds is 0. The summed E-state index contributed by atoms with van der Waals surface area (Å²) >= 11 is 0. The highest BCUT2D eigenvalue weighted by molar-refractivity contribution is 5.05. The number of hydrogen-bond donors (Lipinski definition) is 0. The molecule has 3 aliphatic rings. The van der Waals surface area contributed by atoms with Crippen LogP contribution in [-0.2, 0) is 0 Å². The smallest absolute Gasteiger partial charge is 0.0261 e. The molecule has 0 aromatic rings. The summed E-state index contributed by atoms with van der Waals surface area (Å²) in [5.74, 6) is 3.08. The average Bonchev–Trinajstić information content (AvgIpc) is 2.25. The normalized spacial score (nSPS) is 48.2. The van der Waals surface area contributed by atoms with E-state index >= 15 is 0 Å². The van der Waals surface area contributed by atoms with Crippen molar-refractivity contribution in [1.29, 1.82) is 0 Å². The van der Waals surface area contributed by atoms with Crippen molar-refractivity contribution in [3.8, 4) is 0 Å². The first-order valence-electron chi connectivity index (χ1n) is 8.75. The number of fused-ring (bicyclic) bond motifs is 3. The summed E-state index contributed by atoms with van der Waals surface area (Å²) in [4.78, 5) is 0. The topological polar surface area (TPSA) is 0 Å². The SMILES string of the molecule is CC1(C)CCC2C(CC[C@@H]3C(C)(C)CCC[C@]23C)C1. The van der Waals surface area contributed by atoms with Crippen molar-refractivity contribution >= 4 is 0 Å². The van der Waals surface area contributed by atoms with Gasteiger partial charge in [-0.2, -0.15) is 0 Å². The molecule has 110 valence electrons. The van der Waals surface area contributed by atoms with E-state index in [-0.39, 0.29) is 0 Å². The van der Waals surface area contributed by atoms with Gasteiger partial charge in [0.15, 0.2) is 0 Å². The van der Waals surface area contributed by atoms with Gasteiger partial charge in [-0.1, -0.05) is 41.0 Å². The lowest BCUT2D eigenvalue weighted by Crippen LogP contribution is -2.53. The lowest BCUT2D eigenvalue weighted by Gasteiger charge is -2.62. The molecule has 3 saturated carbocycles. The molecule has 0 aromatic carbocycles. The van der Waals surface area contributed by atoms with Crippen LogP contribution in [0.4, 0.5) is 0 Å². The monoisotopic (exact) mass is 262 g/mol. The molecule has 0 heteroatoms. The van der Waals surface area contributed by atoms with E-state index < -0.39 is 0 Å². The standard InChI is InChI=1S/C19H34/c1-17(2)12-9-15-14(13-17)7-8-16-18(3,4)10-6-11-19(15,16)5/h14-16H,6-13H2,1-5H3/t14?,15?,16-,19-/m1/s1. The fourth-order valence-electron chi connectivity index (χ4n) is 6.62. The van der Waals surface area contributed by atoms with Crippen LogP contribution in [0.1, 0.15) is 86.0 Å². The van der Waals surface area contributed by atoms with E-state index in [0.29, 0.717) is 16.2 Å². The molecule has 0 radical (unpaired) electrons. The van der Waals surface area contributed by atoms with Crippen molar-refractivity contribution in [2.75, 3.05) is 0 Å². The first kappa shape index (κ1) is 14.0. The Morgan fingerprint density at radius 1 is 0.789 bits per heavy atom. The van der Waals surface area contributed by atoms with Crippen molar-refractivity contribution in [1.82, 2.24) is 0 Å². The van der Waals surface area contributed by atoms with Gasteiger partial charge in [0, 0.05) is 0 Å². The summed E-state index contributed by atoms with van der Waals surface area (Å²) < 4.78 is 0. The molecule has 3 aliphatic carbocycles. The van der Waals surface area contributed by atoms with E-state index in [1.807, 2.05) is 0 Å². The lowest BCUT2D eigenvalue weighted by molar-refractivity contribution is -0.121. The van der Waals surface area contributed by atoms with Crippen molar-refractivity contribution in [3.63, 3.8) is 0 Å². The predicted octanol–water partition coefficient (Wildman–Crippen LogP) is 6.06. The highest BCUT2D eigenvalue weighted by Gasteiger charge is 2.55. The quantitative estimate of drug-likeness (QED) is 0.498. The third kappa shape index (κ3) is 2.18. The first-order valence-corrected chi connectivity index (χ1v) is 8.75. The molecule has 3 rings (SSSR count). The molecule has 3 fully saturated rings. The van der Waals surface area contributed by atoms with E-state index in [1.165, 1.54) is 51.4 Å². The maximum absolute atomic E-state index is 2.67. The Labute approximate surface area is 120 Å². The zero-order valence-electron chi connectivity index (χ0n) is 13.9. The third-order valence-electron chi connectivity index (χ3n) is 7.47. The van der Waals surface area contributed by atoms with E-state index in [4.69, 9.17) is 0 Å². The summed E-state index contributed by atoms with van der Waals surface area (Å²) in [6.07, 6.45) is 12.0. The molecule has 4 atom stereocenters. The molecule has 19 heavy (non-hydrogen) atoms. The van der Waals surface area contributed by atoms with Gasteiger partial charge in [0.05, 0.1) is 0 Å². The summed E-state index contributed by atoms with van der Waals surface area (Å²) in [6, 6.07) is 0. The summed E-state index contributed by atoms with van der Waals surface area (Å²) in [5.41, 5.74) is 1.89. The van der Waals surface area contributed by atoms with E-state index in [1.54, 1.807) is 0 Å². The third-order valence-corrected chi connectivity index (χ3v) is 7.47. The van der Waals surface area contributed by atoms with Crippen LogP contribution >= 0.6 is 0 Å². The van der Waals surface area contributed by atoms with Crippen LogP contribution in [0.25, 0.3) is 0 Å². The van der Waals surface area contributed by atoms with Gasteiger partial charge in [-0.25, -0.2) is 0 Å². The minimum absolute atomic E-state index is 0.602. The molecule has 0 nitrogen and oxygen atoms in total. The van der Waals surface area contributed by atoms with Gasteiger partial charge in [0.1, 0.15) is 0 Å². The van der Waals surface area contributed by atoms with E-state index in [0.717, 1.165) is 17.8 Å². The Balaban J connectivity index is 1.87. The zero-order valence-corrected chi connectivity index (χ0v) is 13.9. The van der Waals surface area contributed by atoms with Crippen LogP contribution < -0.4 is 0 Å². The average molecular weight is 262 g/mol. The molecule has 0 saturated heterocycles. The van der Waals surface area contributed by atoms with Gasteiger partial charge in [0.25, 0.3) is 0 Å². The summed E-state index contributed by atoms with van der Waals surface area (Å²) in [6.45, 7) is 12.8. The minimum atomic E-state index is 0.602. The molecule has 0 amide bonds. The van der Waals surface area contributed by atoms with Crippen molar-refractivity contribution in [2.45, 2.75) is 86.0 Å². The molecular formula is C19H34. The second-order valence-corrected chi connectivity index (χ2v) is 9.75. The van der Waals surface area contributed by atoms with Crippen molar-refractivity contribution in [3.05, 3.63) is 0 Å². The Bertz CT molecular complexity index is 351. The predicted molar refractivity (Wildman–Crippen MR) is 83.1 cm³/mol. The molecular weight excluding hydrogens is 228 g/mol. The highest BCUT2D eigenvalue weighted by atomic mass is 14.6. The second-order valence-electron chi connectivity index (χ2n) is 9.75. The molecule has 0 heterocycles. The molecule has 0 N–H and O–H groups in total. The molecule has 0 aliphatic heterocycles. The van der Waals surface area contributed by atoms with Crippen LogP contribution in [0.2, 0.25) is 0 Å². The Morgan fingerprint density at radius 3 is 2.26 bits per heavy atom. The van der Waals surface area contributed by atoms with Gasteiger partial charge in [-0.15, -0.1) is 0 Å². The number of hydrogen-bond acceptors (Lipinski definition) is 0. The molecule has 0 bridgehead atoms. The first-order chi connectivity index (χ1) is 8.75. The summed E-state index contributed by atoms with van der Waals surface area (Å²) in [7, 11) is 0. The summed E-state index contributed by atoms with van der Waals surface area (Å²) in [5, 5.41) is 0. The van der Waals surface area contributed by atoms with Gasteiger partial charge in [-0.05, 0) is 78.9 Å². The fraction of sp³-hybridized carbons (Fsp3) is 1.00. The molecule has 2 unspecified atom stereocenters. The maximum Gasteiger partial charge on any atom is -0.0261 e. The lowest BCUT2D eigenvalue weighted by atomic mass is 9.43. The van der Waals surface area contributed by atoms with E-state index in [2.05, 4.69) is 34.6 Å². The van der Waals surface area contributed by atoms with E-state index in [9.17, 15) is 0 Å². The van der Waals surface area contributed by atoms with Crippen molar-refractivity contribution in [2.24, 2.45) is 34.0 Å². The maximum atomic E-state index is 2.67. The minimum Gasteiger partial charge on any atom is -0.0599 e. The fourth-order valence-corrected chi connectivity index (χ4v) is 6.62. The Kier molecular flexibility index (Phi) is 3.12. The molecule has 0 aromatic heterocycles. The Morgan fingerprint density at radius 2 is 1.53 bits per heavy atom. The Hall–Kier alpha value is 0. The van der Waals surface area contributed by atoms with Gasteiger partial charge < -0.3 is 0 Å². The molecule has 0 spiro atoms. The van der Waals surface area contributed by atoms with Gasteiger partial charge in [0.2, 0.25) is 0 Å². The van der Waals surface area contributed by atoms with Crippen LogP contribution in [0.3, 0.4) is 0 Å². The highest BCUT2D eigenvalue weighted by Crippen LogP contribution is 2.65. The zero-order chi connectivity index (χ0) is 13.9. The van der Waals surface area contributed by atoms with Gasteiger partial charge >= 0.3 is 0 Å². The van der Waals surface area contributed by atoms with Crippen LogP contribution in [0.15, 0.2) is 0 Å². The largest absolute Gasteiger partial charge is 0.0599 e.